The number of halogens is 3. The zero-order chi connectivity index (χ0) is 48.7. The van der Waals surface area contributed by atoms with Crippen molar-refractivity contribution in [1.82, 2.24) is 0 Å². The van der Waals surface area contributed by atoms with E-state index < -0.39 is 6.36 Å². The lowest BCUT2D eigenvalue weighted by Gasteiger charge is -2.45. The van der Waals surface area contributed by atoms with Gasteiger partial charge >= 0.3 is 6.36 Å². The molecule has 7 heteroatoms. The minimum absolute atomic E-state index is 0.288. The molecule has 2 aliphatic heterocycles. The molecule has 0 fully saturated rings. The summed E-state index contributed by atoms with van der Waals surface area (Å²) >= 11 is 0. The first-order chi connectivity index (χ1) is 33.6. The maximum Gasteiger partial charge on any atom is 0.573 e. The van der Waals surface area contributed by atoms with Gasteiger partial charge in [0.1, 0.15) is 5.75 Å². The molecule has 344 valence electrons. The largest absolute Gasteiger partial charge is 0.573 e. The molecule has 0 saturated carbocycles. The van der Waals surface area contributed by atoms with Crippen LogP contribution in [0, 0.1) is 55.4 Å². The Morgan fingerprint density at radius 3 is 1.07 bits per heavy atom. The Hall–Kier alpha value is -7.77. The van der Waals surface area contributed by atoms with Gasteiger partial charge in [0.15, 0.2) is 0 Å². The minimum atomic E-state index is -4.94. The highest BCUT2D eigenvalue weighted by Gasteiger charge is 2.45. The molecule has 2 aliphatic rings. The van der Waals surface area contributed by atoms with Crippen LogP contribution in [0.5, 0.6) is 5.75 Å². The van der Waals surface area contributed by atoms with Gasteiger partial charge < -0.3 is 14.5 Å². The lowest BCUT2D eigenvalue weighted by atomic mass is 9.33. The van der Waals surface area contributed by atoms with Crippen LogP contribution in [0.15, 0.2) is 170 Å². The number of rotatable bonds is 7. The Labute approximate surface area is 409 Å². The molecule has 9 aromatic carbocycles. The third-order valence-corrected chi connectivity index (χ3v) is 14.2. The van der Waals surface area contributed by atoms with Crippen LogP contribution in [0.2, 0.25) is 0 Å². The first-order valence-electron chi connectivity index (χ1n) is 23.9. The van der Waals surface area contributed by atoms with Crippen molar-refractivity contribution in [1.29, 1.82) is 0 Å². The predicted octanol–water partition coefficient (Wildman–Crippen LogP) is 15.8. The molecule has 0 N–H and O–H groups in total. The molecule has 0 amide bonds. The standard InChI is InChI=1S/C63H52BF3N2O/c1-37-13-9-17-45(25-37)52-23-21-49(29-41(52)5)68-58-31-43(7)54(47-19-11-15-39(3)27-47)35-56(58)64-57-36-55(48-20-12-16-40(4)28-48)44(8)32-59(57)69(61-34-51(70-63(65,66)67)33-60(68)62(61)64)50-22-24-53(42(6)30-50)46-18-10-14-38(2)26-46/h9-36H,1-8H3. The Morgan fingerprint density at radius 2 is 0.729 bits per heavy atom. The van der Waals surface area contributed by atoms with Gasteiger partial charge in [0, 0.05) is 46.3 Å². The third kappa shape index (κ3) is 7.93. The van der Waals surface area contributed by atoms with E-state index >= 15 is 0 Å². The van der Waals surface area contributed by atoms with Crippen LogP contribution < -0.4 is 30.9 Å². The number of anilines is 6. The highest BCUT2D eigenvalue weighted by Crippen LogP contribution is 2.49. The molecule has 0 radical (unpaired) electrons. The quantitative estimate of drug-likeness (QED) is 0.148. The lowest BCUT2D eigenvalue weighted by Crippen LogP contribution is -2.61. The second-order valence-corrected chi connectivity index (χ2v) is 19.5. The highest BCUT2D eigenvalue weighted by atomic mass is 19.4. The molecule has 2 heterocycles. The summed E-state index contributed by atoms with van der Waals surface area (Å²) in [5.41, 5.74) is 25.4. The van der Waals surface area contributed by atoms with Gasteiger partial charge in [-0.15, -0.1) is 13.2 Å². The van der Waals surface area contributed by atoms with E-state index in [1.165, 1.54) is 0 Å². The molecule has 3 nitrogen and oxygen atoms in total. The van der Waals surface area contributed by atoms with E-state index in [1.54, 1.807) is 12.1 Å². The first kappa shape index (κ1) is 44.7. The Balaban J connectivity index is 1.24. The van der Waals surface area contributed by atoms with Crippen molar-refractivity contribution < 1.29 is 17.9 Å². The van der Waals surface area contributed by atoms with Gasteiger partial charge in [-0.3, -0.25) is 0 Å². The monoisotopic (exact) mass is 920 g/mol. The summed E-state index contributed by atoms with van der Waals surface area (Å²) in [7, 11) is 0. The van der Waals surface area contributed by atoms with Gasteiger partial charge in [-0.2, -0.15) is 0 Å². The van der Waals surface area contributed by atoms with Crippen LogP contribution in [0.3, 0.4) is 0 Å². The van der Waals surface area contributed by atoms with Crippen molar-refractivity contribution in [3.05, 3.63) is 214 Å². The normalized spacial score (nSPS) is 12.7. The van der Waals surface area contributed by atoms with Crippen molar-refractivity contribution >= 4 is 57.2 Å². The van der Waals surface area contributed by atoms with Crippen LogP contribution in [0.4, 0.5) is 47.3 Å². The van der Waals surface area contributed by atoms with Crippen LogP contribution in [0.25, 0.3) is 44.5 Å². The molecule has 11 rings (SSSR count). The van der Waals surface area contributed by atoms with E-state index in [9.17, 15) is 13.2 Å². The zero-order valence-corrected chi connectivity index (χ0v) is 40.7. The molecule has 0 saturated heterocycles. The molecular weight excluding hydrogens is 869 g/mol. The van der Waals surface area contributed by atoms with E-state index in [2.05, 4.69) is 223 Å². The fraction of sp³-hybridized carbons (Fsp3) is 0.143. The van der Waals surface area contributed by atoms with Gasteiger partial charge in [-0.05, 0) is 175 Å². The number of aryl methyl sites for hydroxylation is 8. The van der Waals surface area contributed by atoms with Crippen molar-refractivity contribution in [2.24, 2.45) is 0 Å². The number of hydrogen-bond donors (Lipinski definition) is 0. The number of hydrogen-bond acceptors (Lipinski definition) is 3. The summed E-state index contributed by atoms with van der Waals surface area (Å²) in [6.45, 7) is 16.5. The second kappa shape index (κ2) is 17.0. The molecule has 0 bridgehead atoms. The average Bonchev–Trinajstić information content (AvgIpc) is 3.30. The maximum absolute atomic E-state index is 14.7. The number of benzene rings is 9. The lowest BCUT2D eigenvalue weighted by molar-refractivity contribution is -0.274. The molecule has 0 spiro atoms. The molecule has 0 unspecified atom stereocenters. The van der Waals surface area contributed by atoms with Gasteiger partial charge in [-0.25, -0.2) is 0 Å². The van der Waals surface area contributed by atoms with Gasteiger partial charge in [0.05, 0.1) is 0 Å². The van der Waals surface area contributed by atoms with E-state index in [4.69, 9.17) is 4.74 Å². The van der Waals surface area contributed by atoms with E-state index in [-0.39, 0.29) is 12.5 Å². The summed E-state index contributed by atoms with van der Waals surface area (Å²) in [5.74, 6) is -0.288. The summed E-state index contributed by atoms with van der Waals surface area (Å²) in [4.78, 5) is 4.33. The average molecular weight is 921 g/mol. The summed E-state index contributed by atoms with van der Waals surface area (Å²) in [5, 5.41) is 0. The van der Waals surface area contributed by atoms with Crippen molar-refractivity contribution in [2.75, 3.05) is 9.80 Å². The van der Waals surface area contributed by atoms with E-state index in [0.717, 1.165) is 128 Å². The molecular formula is C63H52BF3N2O. The molecule has 0 aliphatic carbocycles. The predicted molar refractivity (Wildman–Crippen MR) is 287 cm³/mol. The molecule has 70 heavy (non-hydrogen) atoms. The van der Waals surface area contributed by atoms with E-state index in [0.29, 0.717) is 11.4 Å². The number of alkyl halides is 3. The summed E-state index contributed by atoms with van der Waals surface area (Å²) in [6.07, 6.45) is -4.94. The van der Waals surface area contributed by atoms with Crippen molar-refractivity contribution in [3.63, 3.8) is 0 Å². The van der Waals surface area contributed by atoms with Gasteiger partial charge in [0.25, 0.3) is 6.71 Å². The number of fused-ring (bicyclic) bond motifs is 4. The Kier molecular flexibility index (Phi) is 10.9. The summed E-state index contributed by atoms with van der Waals surface area (Å²) in [6, 6.07) is 59.2. The fourth-order valence-electron chi connectivity index (χ4n) is 11.1. The van der Waals surface area contributed by atoms with Crippen molar-refractivity contribution in [2.45, 2.75) is 61.8 Å². The molecule has 9 aromatic rings. The topological polar surface area (TPSA) is 15.7 Å². The number of nitrogens with zero attached hydrogens (tertiary/aromatic N) is 2. The minimum Gasteiger partial charge on any atom is -0.406 e. The second-order valence-electron chi connectivity index (χ2n) is 19.5. The molecule has 0 atom stereocenters. The van der Waals surface area contributed by atoms with E-state index in [1.807, 2.05) is 0 Å². The first-order valence-corrected chi connectivity index (χ1v) is 23.9. The third-order valence-electron chi connectivity index (χ3n) is 14.2. The fourth-order valence-corrected chi connectivity index (χ4v) is 11.1. The molecule has 0 aromatic heterocycles. The van der Waals surface area contributed by atoms with Crippen LogP contribution in [0.1, 0.15) is 44.5 Å². The van der Waals surface area contributed by atoms with Crippen LogP contribution in [-0.4, -0.2) is 13.1 Å². The van der Waals surface area contributed by atoms with Crippen LogP contribution >= 0.6 is 0 Å². The highest BCUT2D eigenvalue weighted by molar-refractivity contribution is 7.00. The maximum atomic E-state index is 14.7. The van der Waals surface area contributed by atoms with Crippen molar-refractivity contribution in [3.8, 4) is 50.3 Å². The Bertz CT molecular complexity index is 3370. The summed E-state index contributed by atoms with van der Waals surface area (Å²) < 4.78 is 49.2. The SMILES string of the molecule is Cc1cccc(-c2ccc(N3c4cc(C)c(-c5cccc(C)c5)cc4B4c5cc(-c6cccc(C)c6)c(C)cc5N(c5ccc(-c6cccc(C)c6)c(C)c5)c5cc(OC(F)(F)F)cc3c54)cc2C)c1. The van der Waals surface area contributed by atoms with Crippen LogP contribution in [-0.2, 0) is 0 Å². The van der Waals surface area contributed by atoms with Gasteiger partial charge in [0.2, 0.25) is 0 Å². The zero-order valence-electron chi connectivity index (χ0n) is 40.7. The van der Waals surface area contributed by atoms with Gasteiger partial charge in [-0.1, -0.05) is 144 Å². The Morgan fingerprint density at radius 1 is 0.371 bits per heavy atom. The number of ether oxygens (including phenoxy) is 1. The smallest absolute Gasteiger partial charge is 0.406 e.